The Labute approximate surface area is 286 Å². The van der Waals surface area contributed by atoms with Crippen LogP contribution in [0.5, 0.6) is 5.75 Å². The van der Waals surface area contributed by atoms with Crippen molar-refractivity contribution < 1.29 is 22.6 Å². The summed E-state index contributed by atoms with van der Waals surface area (Å²) in [4.78, 5) is 9.67. The quantitative estimate of drug-likeness (QED) is 0.209. The maximum absolute atomic E-state index is 14.3. The molecule has 0 aliphatic carbocycles. The summed E-state index contributed by atoms with van der Waals surface area (Å²) in [6, 6.07) is 28.7. The third-order valence-corrected chi connectivity index (χ3v) is 11.5. The first-order valence-electron chi connectivity index (χ1n) is 16.8. The van der Waals surface area contributed by atoms with Crippen molar-refractivity contribution in [2.75, 3.05) is 57.5 Å². The van der Waals surface area contributed by atoms with Crippen LogP contribution < -0.4 is 9.64 Å². The number of hydrogen-bond donors (Lipinski definition) is 0. The van der Waals surface area contributed by atoms with Gasteiger partial charge in [0.15, 0.2) is 5.65 Å². The van der Waals surface area contributed by atoms with Crippen LogP contribution in [0.15, 0.2) is 96.0 Å². The van der Waals surface area contributed by atoms with E-state index in [1.807, 2.05) is 36.4 Å². The van der Waals surface area contributed by atoms with Crippen molar-refractivity contribution in [2.24, 2.45) is 0 Å². The largest absolute Gasteiger partial charge is 0.489 e. The Balaban J connectivity index is 1.18. The molecule has 250 valence electrons. The molecule has 3 saturated heterocycles. The summed E-state index contributed by atoms with van der Waals surface area (Å²) in [6.45, 7) is 6.75. The first-order valence-corrected chi connectivity index (χ1v) is 18.2. The molecule has 3 aromatic carbocycles. The summed E-state index contributed by atoms with van der Waals surface area (Å²) in [5.74, 6) is 0.534. The van der Waals surface area contributed by atoms with E-state index in [-0.39, 0.29) is 11.0 Å². The molecule has 11 heteroatoms. The summed E-state index contributed by atoms with van der Waals surface area (Å²) in [7, 11) is -4.03. The predicted octanol–water partition coefficient (Wildman–Crippen LogP) is 5.56. The number of fused-ring (bicyclic) bond motifs is 1. The molecule has 0 amide bonds. The van der Waals surface area contributed by atoms with Crippen molar-refractivity contribution in [3.8, 4) is 34.2 Å². The van der Waals surface area contributed by atoms with E-state index in [9.17, 15) is 13.7 Å². The zero-order valence-corrected chi connectivity index (χ0v) is 27.9. The molecular formula is C38H37N5O5S. The number of ether oxygens (including phenoxy) is 3. The number of anilines is 1. The molecule has 10 nitrogen and oxygen atoms in total. The highest BCUT2D eigenvalue weighted by molar-refractivity contribution is 7.90. The van der Waals surface area contributed by atoms with Crippen LogP contribution in [-0.4, -0.2) is 87.0 Å². The van der Waals surface area contributed by atoms with Crippen LogP contribution in [0.2, 0.25) is 0 Å². The van der Waals surface area contributed by atoms with Crippen LogP contribution in [0, 0.1) is 11.3 Å². The van der Waals surface area contributed by atoms with Gasteiger partial charge in [-0.2, -0.15) is 5.26 Å². The van der Waals surface area contributed by atoms with Gasteiger partial charge < -0.3 is 19.1 Å². The molecule has 8 rings (SSSR count). The van der Waals surface area contributed by atoms with E-state index in [1.54, 1.807) is 42.6 Å². The van der Waals surface area contributed by atoms with Gasteiger partial charge >= 0.3 is 0 Å². The lowest BCUT2D eigenvalue weighted by molar-refractivity contribution is -0.0660. The molecule has 3 aliphatic rings. The van der Waals surface area contributed by atoms with Gasteiger partial charge in [0.05, 0.1) is 48.6 Å². The number of aromatic nitrogens is 2. The van der Waals surface area contributed by atoms with Gasteiger partial charge in [-0.05, 0) is 65.2 Å². The van der Waals surface area contributed by atoms with E-state index in [1.165, 1.54) is 3.97 Å². The highest BCUT2D eigenvalue weighted by atomic mass is 32.2. The van der Waals surface area contributed by atoms with Gasteiger partial charge in [-0.15, -0.1) is 0 Å². The third-order valence-electron chi connectivity index (χ3n) is 9.80. The fourth-order valence-corrected chi connectivity index (χ4v) is 8.45. The zero-order chi connectivity index (χ0) is 33.4. The van der Waals surface area contributed by atoms with Crippen molar-refractivity contribution in [1.82, 2.24) is 13.9 Å². The highest BCUT2D eigenvalue weighted by Gasteiger charge is 2.30. The SMILES string of the molecule is N#Cc1cc(-c2ccnc3c2cc(-c2ccc(N4CCN(C5COC5)CC4)cc2)n3S(=O)(=O)c2ccccc2)ccc1OC1CCOCC1. The Morgan fingerprint density at radius 1 is 0.837 bits per heavy atom. The van der Waals surface area contributed by atoms with Crippen molar-refractivity contribution in [3.63, 3.8) is 0 Å². The molecule has 2 aromatic heterocycles. The lowest BCUT2D eigenvalue weighted by Gasteiger charge is -2.43. The number of rotatable bonds is 8. The van der Waals surface area contributed by atoms with Gasteiger partial charge in [0.1, 0.15) is 17.9 Å². The average molecular weight is 676 g/mol. The second-order valence-electron chi connectivity index (χ2n) is 12.7. The minimum atomic E-state index is -4.03. The first-order chi connectivity index (χ1) is 24.0. The minimum absolute atomic E-state index is 0.00227. The van der Waals surface area contributed by atoms with Crippen molar-refractivity contribution in [2.45, 2.75) is 29.9 Å². The Morgan fingerprint density at radius 3 is 2.27 bits per heavy atom. The molecule has 49 heavy (non-hydrogen) atoms. The fraction of sp³-hybridized carbons (Fsp3) is 0.316. The van der Waals surface area contributed by atoms with Gasteiger partial charge in [-0.3, -0.25) is 4.90 Å². The molecule has 5 aromatic rings. The Bertz CT molecular complexity index is 2110. The average Bonchev–Trinajstić information content (AvgIpc) is 3.53. The molecular weight excluding hydrogens is 639 g/mol. The second kappa shape index (κ2) is 13.3. The van der Waals surface area contributed by atoms with Gasteiger partial charge in [-0.1, -0.05) is 36.4 Å². The number of piperazine rings is 1. The van der Waals surface area contributed by atoms with Crippen LogP contribution in [-0.2, 0) is 19.5 Å². The zero-order valence-electron chi connectivity index (χ0n) is 27.1. The maximum atomic E-state index is 14.3. The van der Waals surface area contributed by atoms with Crippen LogP contribution in [0.1, 0.15) is 18.4 Å². The number of hydrogen-bond acceptors (Lipinski definition) is 9. The van der Waals surface area contributed by atoms with Crippen LogP contribution in [0.25, 0.3) is 33.4 Å². The number of pyridine rings is 1. The van der Waals surface area contributed by atoms with Crippen LogP contribution in [0.3, 0.4) is 0 Å². The summed E-state index contributed by atoms with van der Waals surface area (Å²) in [5.41, 5.74) is 4.66. The van der Waals surface area contributed by atoms with Crippen molar-refractivity contribution in [1.29, 1.82) is 5.26 Å². The molecule has 5 heterocycles. The lowest BCUT2D eigenvalue weighted by atomic mass is 10.0. The summed E-state index contributed by atoms with van der Waals surface area (Å²) in [5, 5.41) is 10.7. The molecule has 3 fully saturated rings. The molecule has 0 saturated carbocycles. The topological polar surface area (TPSA) is 110 Å². The number of nitriles is 1. The van der Waals surface area contributed by atoms with Crippen molar-refractivity contribution >= 4 is 26.7 Å². The molecule has 0 radical (unpaired) electrons. The second-order valence-corrected chi connectivity index (χ2v) is 14.5. The van der Waals surface area contributed by atoms with Crippen molar-refractivity contribution in [3.05, 3.63) is 96.7 Å². The van der Waals surface area contributed by atoms with E-state index in [4.69, 9.17) is 14.2 Å². The van der Waals surface area contributed by atoms with Gasteiger partial charge in [0.2, 0.25) is 0 Å². The normalized spacial score (nSPS) is 17.9. The Morgan fingerprint density at radius 2 is 1.57 bits per heavy atom. The minimum Gasteiger partial charge on any atom is -0.489 e. The molecule has 0 unspecified atom stereocenters. The first kappa shape index (κ1) is 31.5. The Kier molecular flexibility index (Phi) is 8.55. The summed E-state index contributed by atoms with van der Waals surface area (Å²) in [6.07, 6.45) is 3.17. The fourth-order valence-electron chi connectivity index (χ4n) is 6.95. The number of benzene rings is 3. The molecule has 0 atom stereocenters. The number of nitrogens with zero attached hydrogens (tertiary/aromatic N) is 5. The Hall–Kier alpha value is -4.73. The van der Waals surface area contributed by atoms with E-state index in [0.29, 0.717) is 47.3 Å². The van der Waals surface area contributed by atoms with Gasteiger partial charge in [0.25, 0.3) is 10.0 Å². The monoisotopic (exact) mass is 675 g/mol. The van der Waals surface area contributed by atoms with E-state index >= 15 is 0 Å². The molecule has 0 bridgehead atoms. The molecule has 0 spiro atoms. The van der Waals surface area contributed by atoms with E-state index < -0.39 is 10.0 Å². The van der Waals surface area contributed by atoms with Gasteiger partial charge in [0, 0.05) is 56.3 Å². The standard InChI is InChI=1S/C38H37N5O5S/c39-24-29-22-28(8-11-37(29)48-32-13-20-46-21-14-32)34-12-15-40-38-35(34)23-36(43(38)49(44,45)33-4-2-1-3-5-33)27-6-9-30(10-7-27)41-16-18-42(19-17-41)31-25-47-26-31/h1-12,15,22-23,31-32H,13-14,16-21,25-26H2. The summed E-state index contributed by atoms with van der Waals surface area (Å²) < 4.78 is 47.1. The smallest absolute Gasteiger partial charge is 0.269 e. The van der Waals surface area contributed by atoms with Crippen LogP contribution >= 0.6 is 0 Å². The third kappa shape index (κ3) is 6.06. The van der Waals surface area contributed by atoms with E-state index in [0.717, 1.165) is 74.6 Å². The maximum Gasteiger partial charge on any atom is 0.269 e. The lowest BCUT2D eigenvalue weighted by Crippen LogP contribution is -2.56. The van der Waals surface area contributed by atoms with Crippen LogP contribution in [0.4, 0.5) is 5.69 Å². The van der Waals surface area contributed by atoms with E-state index in [2.05, 4.69) is 33.0 Å². The predicted molar refractivity (Wildman–Crippen MR) is 187 cm³/mol. The molecule has 0 N–H and O–H groups in total. The summed E-state index contributed by atoms with van der Waals surface area (Å²) >= 11 is 0. The molecule has 3 aliphatic heterocycles. The van der Waals surface area contributed by atoms with Gasteiger partial charge in [-0.25, -0.2) is 17.4 Å². The highest BCUT2D eigenvalue weighted by Crippen LogP contribution is 2.38.